The molecule has 0 unspecified atom stereocenters. The number of esters is 1. The van der Waals surface area contributed by atoms with Crippen LogP contribution in [0.15, 0.2) is 40.8 Å². The number of aryl methyl sites for hydroxylation is 1. The summed E-state index contributed by atoms with van der Waals surface area (Å²) in [6.45, 7) is 8.15. The Hall–Kier alpha value is -1.66. The van der Waals surface area contributed by atoms with Crippen molar-refractivity contribution < 1.29 is 22.1 Å². The zero-order chi connectivity index (χ0) is 24.3. The van der Waals surface area contributed by atoms with E-state index in [0.717, 1.165) is 56.9 Å². The molecule has 0 amide bonds. The summed E-state index contributed by atoms with van der Waals surface area (Å²) in [6.07, 6.45) is 10.0. The van der Waals surface area contributed by atoms with E-state index >= 15 is 0 Å². The van der Waals surface area contributed by atoms with Crippen molar-refractivity contribution in [1.82, 2.24) is 0 Å². The van der Waals surface area contributed by atoms with Gasteiger partial charge in [-0.05, 0) is 92.6 Å². The van der Waals surface area contributed by atoms with Gasteiger partial charge in [-0.1, -0.05) is 43.2 Å². The van der Waals surface area contributed by atoms with Crippen LogP contribution >= 0.6 is 0 Å². The van der Waals surface area contributed by atoms with Crippen molar-refractivity contribution >= 4 is 16.1 Å². The van der Waals surface area contributed by atoms with Crippen LogP contribution in [0.25, 0.3) is 0 Å². The van der Waals surface area contributed by atoms with Gasteiger partial charge in [-0.2, -0.15) is 8.42 Å². The molecule has 0 radical (unpaired) electrons. The number of hydrogen-bond acceptors (Lipinski definition) is 5. The van der Waals surface area contributed by atoms with Crippen LogP contribution in [0.5, 0.6) is 0 Å². The average molecular weight is 487 g/mol. The highest BCUT2D eigenvalue weighted by Crippen LogP contribution is 2.65. The third-order valence-electron chi connectivity index (χ3n) is 9.86. The molecule has 1 aromatic rings. The molecule has 3 fully saturated rings. The summed E-state index contributed by atoms with van der Waals surface area (Å²) in [7, 11) is -3.78. The summed E-state index contributed by atoms with van der Waals surface area (Å²) < 4.78 is 37.7. The molecule has 5 rings (SSSR count). The lowest BCUT2D eigenvalue weighted by Crippen LogP contribution is -2.51. The Morgan fingerprint density at radius 2 is 1.74 bits per heavy atom. The zero-order valence-electron chi connectivity index (χ0n) is 20.9. The molecular weight excluding hydrogens is 448 g/mol. The van der Waals surface area contributed by atoms with Crippen LogP contribution in [0.2, 0.25) is 0 Å². The molecule has 0 N–H and O–H groups in total. The minimum atomic E-state index is -3.78. The van der Waals surface area contributed by atoms with Gasteiger partial charge in [0.1, 0.15) is 6.10 Å². The van der Waals surface area contributed by atoms with Gasteiger partial charge in [-0.15, -0.1) is 0 Å². The van der Waals surface area contributed by atoms with E-state index in [1.165, 1.54) is 12.5 Å². The second-order valence-corrected chi connectivity index (χ2v) is 13.3. The Morgan fingerprint density at radius 3 is 2.44 bits per heavy atom. The lowest BCUT2D eigenvalue weighted by atomic mass is 9.48. The van der Waals surface area contributed by atoms with Crippen LogP contribution in [0.4, 0.5) is 0 Å². The van der Waals surface area contributed by atoms with Crippen LogP contribution in [0.3, 0.4) is 0 Å². The van der Waals surface area contributed by atoms with Gasteiger partial charge in [0.25, 0.3) is 10.1 Å². The van der Waals surface area contributed by atoms with Crippen molar-refractivity contribution in [1.29, 1.82) is 0 Å². The van der Waals surface area contributed by atoms with Crippen LogP contribution in [-0.4, -0.2) is 26.6 Å². The summed E-state index contributed by atoms with van der Waals surface area (Å²) >= 11 is 0. The van der Waals surface area contributed by atoms with E-state index in [0.29, 0.717) is 17.8 Å². The van der Waals surface area contributed by atoms with E-state index in [9.17, 15) is 13.2 Å². The van der Waals surface area contributed by atoms with Gasteiger partial charge in [0.2, 0.25) is 0 Å². The molecule has 5 nitrogen and oxygen atoms in total. The molecule has 3 saturated carbocycles. The standard InChI is InChI=1S/C28H38O5S/c1-18-5-8-22(9-6-18)34(30,31)33-26-12-11-24-23-10-7-20-17-21(32-19(2)29)13-15-27(20,3)25(23)14-16-28(24,26)4/h5-9,21,23-26H,10-17H2,1-4H3/t21-,23+,24+,25+,26-,27-,28+/m0/s1. The summed E-state index contributed by atoms with van der Waals surface area (Å²) in [4.78, 5) is 11.7. The van der Waals surface area contributed by atoms with Crippen molar-refractivity contribution in [3.8, 4) is 0 Å². The lowest BCUT2D eigenvalue weighted by Gasteiger charge is -2.57. The maximum absolute atomic E-state index is 13.1. The molecule has 34 heavy (non-hydrogen) atoms. The van der Waals surface area contributed by atoms with E-state index < -0.39 is 10.1 Å². The van der Waals surface area contributed by atoms with E-state index in [-0.39, 0.29) is 33.9 Å². The van der Waals surface area contributed by atoms with Gasteiger partial charge in [-0.3, -0.25) is 8.98 Å². The number of carbonyl (C=O) groups is 1. The first-order valence-corrected chi connectivity index (χ1v) is 14.3. The number of rotatable bonds is 4. The monoisotopic (exact) mass is 486 g/mol. The van der Waals surface area contributed by atoms with Gasteiger partial charge in [0.15, 0.2) is 0 Å². The summed E-state index contributed by atoms with van der Waals surface area (Å²) in [5.74, 6) is 1.46. The smallest absolute Gasteiger partial charge is 0.302 e. The average Bonchev–Trinajstić information content (AvgIpc) is 3.09. The maximum Gasteiger partial charge on any atom is 0.302 e. The quantitative estimate of drug-likeness (QED) is 0.298. The molecule has 4 aliphatic carbocycles. The van der Waals surface area contributed by atoms with Crippen molar-refractivity contribution in [3.05, 3.63) is 41.5 Å². The van der Waals surface area contributed by atoms with E-state index in [4.69, 9.17) is 8.92 Å². The fraction of sp³-hybridized carbons (Fsp3) is 0.679. The highest BCUT2D eigenvalue weighted by molar-refractivity contribution is 7.86. The number of carbonyl (C=O) groups excluding carboxylic acids is 1. The fourth-order valence-corrected chi connectivity index (χ4v) is 9.19. The molecular formula is C28H38O5S. The number of hydrogen-bond donors (Lipinski definition) is 0. The molecule has 1 aromatic carbocycles. The van der Waals surface area contributed by atoms with E-state index in [2.05, 4.69) is 19.9 Å². The van der Waals surface area contributed by atoms with Gasteiger partial charge in [0, 0.05) is 13.3 Å². The predicted molar refractivity (Wildman–Crippen MR) is 130 cm³/mol. The SMILES string of the molecule is CC(=O)O[C@H]1CC[C@@]2(C)C(=CC[C@@H]3[C@H]4CC[C@H](OS(=O)(=O)c5ccc(C)cc5)[C@]4(C)CC[C@H]32)C1. The molecule has 4 aliphatic rings. The Balaban J connectivity index is 1.35. The Morgan fingerprint density at radius 1 is 1.00 bits per heavy atom. The summed E-state index contributed by atoms with van der Waals surface area (Å²) in [6, 6.07) is 6.94. The van der Waals surface area contributed by atoms with E-state index in [1.807, 2.05) is 19.1 Å². The molecule has 7 atom stereocenters. The minimum Gasteiger partial charge on any atom is -0.462 e. The highest BCUT2D eigenvalue weighted by atomic mass is 32.2. The number of allylic oxidation sites excluding steroid dienone is 1. The van der Waals surface area contributed by atoms with Crippen molar-refractivity contribution in [2.45, 2.75) is 96.2 Å². The number of ether oxygens (including phenoxy) is 1. The van der Waals surface area contributed by atoms with Gasteiger partial charge < -0.3 is 4.74 Å². The minimum absolute atomic E-state index is 0.0125. The highest BCUT2D eigenvalue weighted by Gasteiger charge is 2.59. The Kier molecular flexibility index (Phi) is 6.00. The molecule has 0 aliphatic heterocycles. The largest absolute Gasteiger partial charge is 0.462 e. The zero-order valence-corrected chi connectivity index (χ0v) is 21.7. The molecule has 0 bridgehead atoms. The van der Waals surface area contributed by atoms with Gasteiger partial charge in [-0.25, -0.2) is 0 Å². The van der Waals surface area contributed by atoms with Crippen molar-refractivity contribution in [3.63, 3.8) is 0 Å². The van der Waals surface area contributed by atoms with Gasteiger partial charge >= 0.3 is 5.97 Å². The first kappa shape index (κ1) is 24.1. The Bertz CT molecular complexity index is 1090. The third-order valence-corrected chi connectivity index (χ3v) is 11.2. The number of fused-ring (bicyclic) bond motifs is 5. The topological polar surface area (TPSA) is 69.7 Å². The maximum atomic E-state index is 13.1. The normalized spacial score (nSPS) is 39.4. The predicted octanol–water partition coefficient (Wildman–Crippen LogP) is 5.96. The second kappa shape index (κ2) is 8.48. The molecule has 0 saturated heterocycles. The van der Waals surface area contributed by atoms with E-state index in [1.54, 1.807) is 12.1 Å². The summed E-state index contributed by atoms with van der Waals surface area (Å²) in [5.41, 5.74) is 2.55. The molecule has 6 heteroatoms. The first-order valence-electron chi connectivity index (χ1n) is 12.9. The summed E-state index contributed by atoms with van der Waals surface area (Å²) in [5, 5.41) is 0. The van der Waals surface area contributed by atoms with Gasteiger partial charge in [0.05, 0.1) is 11.0 Å². The molecule has 0 heterocycles. The number of benzene rings is 1. The molecule has 186 valence electrons. The van der Waals surface area contributed by atoms with Crippen LogP contribution in [-0.2, 0) is 23.8 Å². The fourth-order valence-electron chi connectivity index (χ4n) is 7.99. The molecule has 0 aromatic heterocycles. The lowest BCUT2D eigenvalue weighted by molar-refractivity contribution is -0.148. The Labute approximate surface area is 204 Å². The molecule has 0 spiro atoms. The van der Waals surface area contributed by atoms with Crippen LogP contribution in [0, 0.1) is 35.5 Å². The van der Waals surface area contributed by atoms with Crippen molar-refractivity contribution in [2.24, 2.45) is 28.6 Å². The first-order chi connectivity index (χ1) is 16.0. The van der Waals surface area contributed by atoms with Crippen LogP contribution < -0.4 is 0 Å². The van der Waals surface area contributed by atoms with Crippen LogP contribution in [0.1, 0.15) is 77.7 Å². The van der Waals surface area contributed by atoms with Crippen molar-refractivity contribution in [2.75, 3.05) is 0 Å². The third kappa shape index (κ3) is 3.95. The second-order valence-electron chi connectivity index (χ2n) is 11.7.